The zero-order chi connectivity index (χ0) is 12.7. The van der Waals surface area contributed by atoms with E-state index in [1.54, 1.807) is 30.3 Å². The second-order valence-electron chi connectivity index (χ2n) is 4.13. The molecule has 4 heteroatoms. The molecule has 0 saturated heterocycles. The SMILES string of the molecule is NCCCCC[C@](O)(C(=O)O)c1ccccc1. The third-order valence-corrected chi connectivity index (χ3v) is 2.85. The number of aliphatic hydroxyl groups is 1. The summed E-state index contributed by atoms with van der Waals surface area (Å²) >= 11 is 0. The Labute approximate surface area is 101 Å². The highest BCUT2D eigenvalue weighted by atomic mass is 16.4. The van der Waals surface area contributed by atoms with E-state index in [0.717, 1.165) is 12.8 Å². The van der Waals surface area contributed by atoms with Crippen molar-refractivity contribution in [1.29, 1.82) is 0 Å². The third-order valence-electron chi connectivity index (χ3n) is 2.85. The number of benzene rings is 1. The van der Waals surface area contributed by atoms with E-state index in [2.05, 4.69) is 0 Å². The molecule has 1 aromatic carbocycles. The number of carbonyl (C=O) groups is 1. The zero-order valence-electron chi connectivity index (χ0n) is 9.80. The molecule has 0 bridgehead atoms. The predicted octanol–water partition coefficient (Wildman–Crippen LogP) is 1.48. The van der Waals surface area contributed by atoms with E-state index in [0.29, 0.717) is 18.5 Å². The lowest BCUT2D eigenvalue weighted by Crippen LogP contribution is -2.35. The number of hydrogen-bond acceptors (Lipinski definition) is 3. The fraction of sp³-hybridized carbons (Fsp3) is 0.462. The molecule has 0 aromatic heterocycles. The van der Waals surface area contributed by atoms with Crippen LogP contribution in [-0.2, 0) is 10.4 Å². The van der Waals surface area contributed by atoms with E-state index in [1.165, 1.54) is 0 Å². The first-order valence-electron chi connectivity index (χ1n) is 5.82. The first kappa shape index (κ1) is 13.7. The summed E-state index contributed by atoms with van der Waals surface area (Å²) < 4.78 is 0. The number of unbranched alkanes of at least 4 members (excludes halogenated alkanes) is 2. The number of aliphatic carboxylic acids is 1. The lowest BCUT2D eigenvalue weighted by molar-refractivity contribution is -0.160. The summed E-state index contributed by atoms with van der Waals surface area (Å²) in [5, 5.41) is 19.4. The van der Waals surface area contributed by atoms with E-state index < -0.39 is 11.6 Å². The number of carboxylic acid groups (broad SMARTS) is 1. The molecular formula is C13H19NO3. The molecule has 0 fully saturated rings. The quantitative estimate of drug-likeness (QED) is 0.627. The molecular weight excluding hydrogens is 218 g/mol. The van der Waals surface area contributed by atoms with Gasteiger partial charge in [-0.25, -0.2) is 4.79 Å². The zero-order valence-corrected chi connectivity index (χ0v) is 9.80. The largest absolute Gasteiger partial charge is 0.479 e. The van der Waals surface area contributed by atoms with Crippen molar-refractivity contribution in [2.24, 2.45) is 5.73 Å². The molecule has 0 aliphatic heterocycles. The maximum Gasteiger partial charge on any atom is 0.340 e. The van der Waals surface area contributed by atoms with Crippen LogP contribution in [0.5, 0.6) is 0 Å². The molecule has 1 atom stereocenters. The summed E-state index contributed by atoms with van der Waals surface area (Å²) in [5.41, 5.74) is 4.02. The molecule has 0 heterocycles. The van der Waals surface area contributed by atoms with Crippen molar-refractivity contribution >= 4 is 5.97 Å². The topological polar surface area (TPSA) is 83.5 Å². The number of rotatable bonds is 7. The molecule has 0 aliphatic carbocycles. The minimum atomic E-state index is -1.78. The second kappa shape index (κ2) is 6.37. The number of carboxylic acids is 1. The van der Waals surface area contributed by atoms with Crippen LogP contribution in [0.4, 0.5) is 0 Å². The molecule has 0 aliphatic rings. The Balaban J connectivity index is 2.73. The van der Waals surface area contributed by atoms with Gasteiger partial charge in [0.25, 0.3) is 0 Å². The average molecular weight is 237 g/mol. The molecule has 0 radical (unpaired) electrons. The fourth-order valence-electron chi connectivity index (χ4n) is 1.79. The van der Waals surface area contributed by atoms with Gasteiger partial charge in [0.05, 0.1) is 0 Å². The molecule has 4 nitrogen and oxygen atoms in total. The molecule has 0 unspecified atom stereocenters. The highest BCUT2D eigenvalue weighted by molar-refractivity contribution is 5.79. The van der Waals surface area contributed by atoms with Crippen molar-refractivity contribution in [3.05, 3.63) is 35.9 Å². The number of nitrogens with two attached hydrogens (primary N) is 1. The summed E-state index contributed by atoms with van der Waals surface area (Å²) in [6, 6.07) is 8.51. The predicted molar refractivity (Wildman–Crippen MR) is 65.5 cm³/mol. The van der Waals surface area contributed by atoms with Gasteiger partial charge in [-0.3, -0.25) is 0 Å². The Bertz CT molecular complexity index is 353. The summed E-state index contributed by atoms with van der Waals surface area (Å²) in [7, 11) is 0. The van der Waals surface area contributed by atoms with E-state index >= 15 is 0 Å². The van der Waals surface area contributed by atoms with Gasteiger partial charge in [-0.2, -0.15) is 0 Å². The molecule has 1 rings (SSSR count). The molecule has 0 saturated carbocycles. The van der Waals surface area contributed by atoms with Gasteiger partial charge in [-0.15, -0.1) is 0 Å². The van der Waals surface area contributed by atoms with Crippen LogP contribution in [-0.4, -0.2) is 22.7 Å². The van der Waals surface area contributed by atoms with Gasteiger partial charge in [0.2, 0.25) is 0 Å². The standard InChI is InChI=1S/C13H19NO3/c14-10-6-2-5-9-13(17,12(15)16)11-7-3-1-4-8-11/h1,3-4,7-8,17H,2,5-6,9-10,14H2,(H,15,16)/t13-/m1/s1. The normalized spacial score (nSPS) is 14.2. The minimum Gasteiger partial charge on any atom is -0.479 e. The minimum absolute atomic E-state index is 0.215. The molecule has 4 N–H and O–H groups in total. The number of hydrogen-bond donors (Lipinski definition) is 3. The average Bonchev–Trinajstić information content (AvgIpc) is 2.35. The van der Waals surface area contributed by atoms with E-state index in [9.17, 15) is 9.90 Å². The molecule has 17 heavy (non-hydrogen) atoms. The van der Waals surface area contributed by atoms with Crippen LogP contribution in [0.2, 0.25) is 0 Å². The highest BCUT2D eigenvalue weighted by Crippen LogP contribution is 2.27. The first-order chi connectivity index (χ1) is 8.11. The maximum absolute atomic E-state index is 11.2. The lowest BCUT2D eigenvalue weighted by Gasteiger charge is -2.23. The van der Waals surface area contributed by atoms with Crippen LogP contribution in [0.15, 0.2) is 30.3 Å². The van der Waals surface area contributed by atoms with Gasteiger partial charge >= 0.3 is 5.97 Å². The Morgan fingerprint density at radius 2 is 1.82 bits per heavy atom. The summed E-state index contributed by atoms with van der Waals surface area (Å²) in [5.74, 6) is -1.20. The third kappa shape index (κ3) is 3.54. The molecule has 1 aromatic rings. The van der Waals surface area contributed by atoms with Crippen LogP contribution < -0.4 is 5.73 Å². The summed E-state index contributed by atoms with van der Waals surface area (Å²) in [6.45, 7) is 0.594. The first-order valence-corrected chi connectivity index (χ1v) is 5.82. The Morgan fingerprint density at radius 3 is 2.35 bits per heavy atom. The Hall–Kier alpha value is -1.39. The molecule has 94 valence electrons. The van der Waals surface area contributed by atoms with E-state index in [-0.39, 0.29) is 6.42 Å². The van der Waals surface area contributed by atoms with Crippen LogP contribution in [0.25, 0.3) is 0 Å². The van der Waals surface area contributed by atoms with E-state index in [4.69, 9.17) is 10.8 Å². The van der Waals surface area contributed by atoms with Crippen molar-refractivity contribution in [3.63, 3.8) is 0 Å². The van der Waals surface area contributed by atoms with Gasteiger partial charge in [0.1, 0.15) is 0 Å². The van der Waals surface area contributed by atoms with Crippen LogP contribution in [0.3, 0.4) is 0 Å². The summed E-state index contributed by atoms with van der Waals surface area (Å²) in [6.07, 6.45) is 2.55. The van der Waals surface area contributed by atoms with Crippen molar-refractivity contribution in [2.75, 3.05) is 6.54 Å². The van der Waals surface area contributed by atoms with Gasteiger partial charge in [-0.05, 0) is 31.4 Å². The van der Waals surface area contributed by atoms with Gasteiger partial charge in [-0.1, -0.05) is 36.8 Å². The smallest absolute Gasteiger partial charge is 0.340 e. The maximum atomic E-state index is 11.2. The van der Waals surface area contributed by atoms with Crippen molar-refractivity contribution in [3.8, 4) is 0 Å². The monoisotopic (exact) mass is 237 g/mol. The Kier molecular flexibility index (Phi) is 5.12. The van der Waals surface area contributed by atoms with Crippen LogP contribution in [0.1, 0.15) is 31.2 Å². The van der Waals surface area contributed by atoms with E-state index in [1.807, 2.05) is 0 Å². The molecule has 0 amide bonds. The van der Waals surface area contributed by atoms with Crippen LogP contribution >= 0.6 is 0 Å². The lowest BCUT2D eigenvalue weighted by atomic mass is 9.88. The fourth-order valence-corrected chi connectivity index (χ4v) is 1.79. The summed E-state index contributed by atoms with van der Waals surface area (Å²) in [4.78, 5) is 11.2. The highest BCUT2D eigenvalue weighted by Gasteiger charge is 2.36. The van der Waals surface area contributed by atoms with Gasteiger partial charge < -0.3 is 15.9 Å². The van der Waals surface area contributed by atoms with Crippen LogP contribution in [0, 0.1) is 0 Å². The van der Waals surface area contributed by atoms with Gasteiger partial charge in [0, 0.05) is 0 Å². The van der Waals surface area contributed by atoms with Gasteiger partial charge in [0.15, 0.2) is 5.60 Å². The molecule has 0 spiro atoms. The van der Waals surface area contributed by atoms with Crippen molar-refractivity contribution in [1.82, 2.24) is 0 Å². The second-order valence-corrected chi connectivity index (χ2v) is 4.13. The van der Waals surface area contributed by atoms with Crippen molar-refractivity contribution < 1.29 is 15.0 Å². The van der Waals surface area contributed by atoms with Crippen molar-refractivity contribution in [2.45, 2.75) is 31.3 Å². The Morgan fingerprint density at radius 1 is 1.18 bits per heavy atom.